The van der Waals surface area contributed by atoms with Crippen molar-refractivity contribution in [1.82, 2.24) is 31.6 Å². The van der Waals surface area contributed by atoms with Gasteiger partial charge in [0.1, 0.15) is 17.8 Å². The van der Waals surface area contributed by atoms with Gasteiger partial charge in [0.05, 0.1) is 18.7 Å². The predicted octanol–water partition coefficient (Wildman–Crippen LogP) is -0.00418. The van der Waals surface area contributed by atoms with Gasteiger partial charge in [0, 0.05) is 37.8 Å². The fraction of sp³-hybridized carbons (Fsp3) is 0.421. The van der Waals surface area contributed by atoms with Crippen LogP contribution >= 0.6 is 0 Å². The van der Waals surface area contributed by atoms with Crippen molar-refractivity contribution < 1.29 is 68.1 Å². The topological polar surface area (TPSA) is 304 Å². The molecule has 0 radical (unpaired) electrons. The Balaban J connectivity index is 1.40. The maximum absolute atomic E-state index is 12.9. The van der Waals surface area contributed by atoms with Crippen LogP contribution in [0.3, 0.4) is 0 Å². The molecule has 1 aliphatic rings. The molecule has 20 nitrogen and oxygen atoms in total. The van der Waals surface area contributed by atoms with E-state index in [1.54, 1.807) is 19.1 Å². The number of nitrogens with one attached hydrogen (secondary N) is 5. The average Bonchev–Trinajstić information content (AvgIpc) is 3.50. The Morgan fingerprint density at radius 1 is 0.741 bits per heavy atom. The van der Waals surface area contributed by atoms with E-state index < -0.39 is 91.4 Å². The molecule has 0 spiro atoms. The van der Waals surface area contributed by atoms with E-state index in [9.17, 15) is 58.2 Å². The Bertz CT molecular complexity index is 1880. The molecule has 1 aliphatic heterocycles. The first-order chi connectivity index (χ1) is 27.5. The zero-order valence-corrected chi connectivity index (χ0v) is 31.7. The molecular formula is C38H46N6O14. The van der Waals surface area contributed by atoms with Gasteiger partial charge in [0.2, 0.25) is 23.6 Å². The van der Waals surface area contributed by atoms with Crippen molar-refractivity contribution in [2.24, 2.45) is 0 Å². The number of hydrogen-bond acceptors (Lipinski definition) is 12. The van der Waals surface area contributed by atoms with Crippen LogP contribution in [0.5, 0.6) is 5.75 Å². The number of carbonyl (C=O) groups excluding carboxylic acids is 8. The van der Waals surface area contributed by atoms with E-state index in [1.165, 1.54) is 18.2 Å². The van der Waals surface area contributed by atoms with Crippen LogP contribution in [0.15, 0.2) is 42.5 Å². The minimum Gasteiger partial charge on any atom is -0.508 e. The molecule has 0 aromatic heterocycles. The highest BCUT2D eigenvalue weighted by atomic mass is 16.7. The first-order valence-electron chi connectivity index (χ1n) is 18.4. The lowest BCUT2D eigenvalue weighted by molar-refractivity contribution is -0.172. The van der Waals surface area contributed by atoms with E-state index in [1.807, 2.05) is 6.07 Å². The summed E-state index contributed by atoms with van der Waals surface area (Å²) < 4.78 is 0. The summed E-state index contributed by atoms with van der Waals surface area (Å²) in [6.45, 7) is 0.737. The molecule has 7 amide bonds. The van der Waals surface area contributed by atoms with Crippen LogP contribution < -0.4 is 26.6 Å². The summed E-state index contributed by atoms with van der Waals surface area (Å²) in [6, 6.07) is 7.35. The summed E-state index contributed by atoms with van der Waals surface area (Å²) in [6.07, 6.45) is 1.14. The Hall–Kier alpha value is -6.86. The standard InChI is InChI=1S/C38H46N6O14/c1-22-18-23(9-12-28(22)45)10-13-29(46)39-17-4-2-3-8-27(37(55)56)43-31(48)21-41-36(54)26(11-16-34(51)52)42-30(47)20-40-35(53)24-6-5-7-25(19-24)38(57)58-44-32(49)14-15-33(44)50/h5-7,9,12,18-19,26-27,45H,2-4,8,10-11,13-17,20-21H2,1H3,(H,39,46)(H,40,53)(H,41,54)(H,42,47)(H,43,48)(H,51,52)(H,55,56). The van der Waals surface area contributed by atoms with E-state index in [2.05, 4.69) is 26.6 Å². The van der Waals surface area contributed by atoms with Gasteiger partial charge in [0.15, 0.2) is 0 Å². The van der Waals surface area contributed by atoms with Gasteiger partial charge in [-0.2, -0.15) is 0 Å². The number of aliphatic carboxylic acids is 2. The summed E-state index contributed by atoms with van der Waals surface area (Å²) in [7, 11) is 0. The number of amides is 7. The molecule has 1 fully saturated rings. The number of aryl methyl sites for hydroxylation is 2. The number of imide groups is 1. The molecule has 312 valence electrons. The lowest BCUT2D eigenvalue weighted by Crippen LogP contribution is -2.52. The van der Waals surface area contributed by atoms with Crippen molar-refractivity contribution >= 4 is 59.3 Å². The molecule has 2 aromatic carbocycles. The van der Waals surface area contributed by atoms with Gasteiger partial charge in [-0.15, -0.1) is 5.06 Å². The summed E-state index contributed by atoms with van der Waals surface area (Å²) in [4.78, 5) is 127. The molecule has 0 bridgehead atoms. The van der Waals surface area contributed by atoms with Crippen molar-refractivity contribution in [3.8, 4) is 5.75 Å². The van der Waals surface area contributed by atoms with Crippen molar-refractivity contribution in [3.63, 3.8) is 0 Å². The smallest absolute Gasteiger partial charge is 0.363 e. The van der Waals surface area contributed by atoms with Crippen LogP contribution in [0.1, 0.15) is 89.6 Å². The third-order valence-corrected chi connectivity index (χ3v) is 8.70. The Kier molecular flexibility index (Phi) is 17.8. The van der Waals surface area contributed by atoms with Gasteiger partial charge < -0.3 is 46.7 Å². The molecule has 0 aliphatic carbocycles. The molecule has 8 N–H and O–H groups in total. The number of unbranched alkanes of at least 4 members (excludes halogenated alkanes) is 2. The number of phenolic OH excluding ortho intramolecular Hbond substituents is 1. The average molecular weight is 811 g/mol. The number of carboxylic acid groups (broad SMARTS) is 2. The van der Waals surface area contributed by atoms with Crippen molar-refractivity contribution in [2.45, 2.75) is 83.2 Å². The number of benzene rings is 2. The van der Waals surface area contributed by atoms with Crippen LogP contribution in [-0.4, -0.2) is 111 Å². The third-order valence-electron chi connectivity index (χ3n) is 8.70. The largest absolute Gasteiger partial charge is 0.508 e. The van der Waals surface area contributed by atoms with Crippen molar-refractivity contribution in [1.29, 1.82) is 0 Å². The van der Waals surface area contributed by atoms with E-state index in [-0.39, 0.29) is 48.5 Å². The molecule has 0 saturated carbocycles. The molecule has 58 heavy (non-hydrogen) atoms. The maximum atomic E-state index is 12.9. The van der Waals surface area contributed by atoms with Gasteiger partial charge in [0.25, 0.3) is 17.7 Å². The van der Waals surface area contributed by atoms with Gasteiger partial charge >= 0.3 is 17.9 Å². The highest BCUT2D eigenvalue weighted by molar-refractivity contribution is 6.03. The first-order valence-corrected chi connectivity index (χ1v) is 18.4. The highest BCUT2D eigenvalue weighted by Gasteiger charge is 2.33. The first kappa shape index (κ1) is 45.5. The Morgan fingerprint density at radius 3 is 2.05 bits per heavy atom. The molecule has 2 aromatic rings. The monoisotopic (exact) mass is 810 g/mol. The number of hydrogen-bond donors (Lipinski definition) is 8. The SMILES string of the molecule is Cc1cc(CCC(=O)NCCCCCC(NC(=O)CNC(=O)C(CCC(=O)O)NC(=O)CNC(=O)c2cccc(C(=O)ON3C(=O)CCC3=O)c2)C(=O)O)ccc1O. The van der Waals surface area contributed by atoms with Gasteiger partial charge in [-0.1, -0.05) is 31.0 Å². The van der Waals surface area contributed by atoms with Crippen LogP contribution in [0, 0.1) is 6.92 Å². The summed E-state index contributed by atoms with van der Waals surface area (Å²) in [5.41, 5.74) is 1.35. The van der Waals surface area contributed by atoms with Crippen LogP contribution in [-0.2, 0) is 49.6 Å². The molecule has 20 heteroatoms. The number of aromatic hydroxyl groups is 1. The Labute approximate surface area is 332 Å². The summed E-state index contributed by atoms with van der Waals surface area (Å²) in [5, 5.41) is 40.6. The lowest BCUT2D eigenvalue weighted by atomic mass is 10.1. The quantitative estimate of drug-likeness (QED) is 0.0541. The number of hydroxylamine groups is 2. The normalized spacial score (nSPS) is 13.2. The predicted molar refractivity (Wildman–Crippen MR) is 199 cm³/mol. The number of phenols is 1. The summed E-state index contributed by atoms with van der Waals surface area (Å²) in [5.74, 6) is -8.62. The van der Waals surface area contributed by atoms with Crippen LogP contribution in [0.2, 0.25) is 0 Å². The second kappa shape index (κ2) is 22.6. The van der Waals surface area contributed by atoms with Gasteiger partial charge in [-0.3, -0.25) is 38.4 Å². The van der Waals surface area contributed by atoms with Gasteiger partial charge in [-0.25, -0.2) is 9.59 Å². The zero-order valence-electron chi connectivity index (χ0n) is 31.7. The fourth-order valence-electron chi connectivity index (χ4n) is 5.52. The number of carboxylic acids is 2. The zero-order chi connectivity index (χ0) is 42.8. The summed E-state index contributed by atoms with van der Waals surface area (Å²) >= 11 is 0. The second-order valence-electron chi connectivity index (χ2n) is 13.3. The highest BCUT2D eigenvalue weighted by Crippen LogP contribution is 2.18. The van der Waals surface area contributed by atoms with E-state index >= 15 is 0 Å². The number of rotatable bonds is 23. The van der Waals surface area contributed by atoms with E-state index in [0.717, 1.165) is 17.2 Å². The van der Waals surface area contributed by atoms with Crippen molar-refractivity contribution in [2.75, 3.05) is 19.6 Å². The van der Waals surface area contributed by atoms with Crippen LogP contribution in [0.4, 0.5) is 0 Å². The molecule has 1 saturated heterocycles. The van der Waals surface area contributed by atoms with Gasteiger partial charge in [-0.05, 0) is 68.0 Å². The molecule has 2 unspecified atom stereocenters. The third kappa shape index (κ3) is 15.3. The number of nitrogens with zero attached hydrogens (tertiary/aromatic N) is 1. The molecule has 1 heterocycles. The van der Waals surface area contributed by atoms with Crippen molar-refractivity contribution in [3.05, 3.63) is 64.7 Å². The minimum atomic E-state index is -1.46. The molecule has 3 rings (SSSR count). The van der Waals surface area contributed by atoms with Crippen LogP contribution in [0.25, 0.3) is 0 Å². The molecule has 2 atom stereocenters. The second-order valence-corrected chi connectivity index (χ2v) is 13.3. The van der Waals surface area contributed by atoms with E-state index in [4.69, 9.17) is 9.94 Å². The lowest BCUT2D eigenvalue weighted by Gasteiger charge is -2.19. The number of carbonyl (C=O) groups is 10. The molecular weight excluding hydrogens is 764 g/mol. The Morgan fingerprint density at radius 2 is 1.40 bits per heavy atom. The minimum absolute atomic E-state index is 0.0567. The maximum Gasteiger partial charge on any atom is 0.363 e. The fourth-order valence-corrected chi connectivity index (χ4v) is 5.52. The van der Waals surface area contributed by atoms with E-state index in [0.29, 0.717) is 37.3 Å².